The summed E-state index contributed by atoms with van der Waals surface area (Å²) in [5.74, 6) is 0. The highest BCUT2D eigenvalue weighted by Gasteiger charge is 2.45. The molecular weight excluding hydrogens is 649 g/mol. The average molecular weight is 717 g/mol. The van der Waals surface area contributed by atoms with Crippen molar-refractivity contribution in [2.45, 2.75) is 144 Å². The molecule has 1 aliphatic carbocycles. The molecule has 288 valence electrons. The van der Waals surface area contributed by atoms with Gasteiger partial charge in [0.1, 0.15) is 24.4 Å². The first-order valence-electron chi connectivity index (χ1n) is 18.9. The molecule has 52 heavy (non-hydrogen) atoms. The second-order valence-electron chi connectivity index (χ2n) is 15.8. The van der Waals surface area contributed by atoms with Gasteiger partial charge in [-0.2, -0.15) is 0 Å². The van der Waals surface area contributed by atoms with E-state index in [4.69, 9.17) is 9.47 Å². The van der Waals surface area contributed by atoms with Gasteiger partial charge in [-0.1, -0.05) is 138 Å². The van der Waals surface area contributed by atoms with E-state index in [1.165, 1.54) is 47.1 Å². The Morgan fingerprint density at radius 3 is 1.83 bits per heavy atom. The minimum atomic E-state index is -1.45. The van der Waals surface area contributed by atoms with Gasteiger partial charge in [0, 0.05) is 0 Å². The molecule has 6 heteroatoms. The van der Waals surface area contributed by atoms with Crippen LogP contribution in [0.25, 0.3) is 0 Å². The molecule has 0 bridgehead atoms. The van der Waals surface area contributed by atoms with Crippen molar-refractivity contribution < 1.29 is 29.9 Å². The Labute approximate surface area is 315 Å². The number of ether oxygens (including phenoxy) is 2. The predicted octanol–water partition coefficient (Wildman–Crippen LogP) is 9.79. The lowest BCUT2D eigenvalue weighted by atomic mass is 9.72. The molecule has 1 aliphatic heterocycles. The summed E-state index contributed by atoms with van der Waals surface area (Å²) in [5, 5.41) is 39.7. The minimum Gasteiger partial charge on any atom is -0.394 e. The van der Waals surface area contributed by atoms with Crippen LogP contribution in [0, 0.1) is 5.41 Å². The van der Waals surface area contributed by atoms with E-state index in [9.17, 15) is 20.4 Å². The van der Waals surface area contributed by atoms with Gasteiger partial charge >= 0.3 is 0 Å². The van der Waals surface area contributed by atoms with Gasteiger partial charge in [0.25, 0.3) is 0 Å². The molecule has 1 saturated heterocycles. The largest absolute Gasteiger partial charge is 0.394 e. The van der Waals surface area contributed by atoms with Gasteiger partial charge in [0.05, 0.1) is 12.2 Å². The van der Waals surface area contributed by atoms with Crippen LogP contribution in [-0.4, -0.2) is 63.3 Å². The van der Waals surface area contributed by atoms with E-state index in [1.54, 1.807) is 0 Å². The fraction of sp³-hybridized carbons (Fsp3) is 0.522. The summed E-state index contributed by atoms with van der Waals surface area (Å²) in [6, 6.07) is 0. The van der Waals surface area contributed by atoms with E-state index >= 15 is 0 Å². The van der Waals surface area contributed by atoms with Crippen LogP contribution in [0.15, 0.2) is 130 Å². The van der Waals surface area contributed by atoms with Crippen LogP contribution < -0.4 is 0 Å². The van der Waals surface area contributed by atoms with Gasteiger partial charge in [-0.05, 0) is 105 Å². The second kappa shape index (κ2) is 22.2. The first kappa shape index (κ1) is 45.1. The molecule has 6 nitrogen and oxygen atoms in total. The van der Waals surface area contributed by atoms with E-state index in [-0.39, 0.29) is 5.41 Å². The zero-order valence-electron chi connectivity index (χ0n) is 33.6. The molecule has 5 atom stereocenters. The summed E-state index contributed by atoms with van der Waals surface area (Å²) in [7, 11) is 0. The Balaban J connectivity index is 1.78. The van der Waals surface area contributed by atoms with Crippen LogP contribution in [0.3, 0.4) is 0 Å². The molecule has 0 unspecified atom stereocenters. The molecule has 4 N–H and O–H groups in total. The fourth-order valence-electron chi connectivity index (χ4n) is 6.34. The third-order valence-corrected chi connectivity index (χ3v) is 9.69. The SMILES string of the molecule is CC1=C(/C=C/C(C)=C/C=C/C(C)=C/C=C/C=C(C)/C=C/C=C(C)/C=C/C=C(\C)CCCC(C)(C)O[C@@H]2O[C@H](CO)[C@@H](O)[C@H](O)[C@H]2O)C(C)(C)CCC1. The highest BCUT2D eigenvalue weighted by atomic mass is 16.7. The zero-order chi connectivity index (χ0) is 38.9. The van der Waals surface area contributed by atoms with Crippen LogP contribution in [0.1, 0.15) is 108 Å². The fourth-order valence-corrected chi connectivity index (χ4v) is 6.34. The molecule has 1 heterocycles. The number of rotatable bonds is 17. The Morgan fingerprint density at radius 1 is 0.769 bits per heavy atom. The first-order chi connectivity index (χ1) is 24.5. The van der Waals surface area contributed by atoms with Gasteiger partial charge in [-0.3, -0.25) is 0 Å². The van der Waals surface area contributed by atoms with Gasteiger partial charge in [0.15, 0.2) is 6.29 Å². The molecule has 0 saturated carbocycles. The normalized spacial score (nSPS) is 26.4. The Hall–Kier alpha value is -3.10. The van der Waals surface area contributed by atoms with Crippen LogP contribution in [0.2, 0.25) is 0 Å². The van der Waals surface area contributed by atoms with E-state index < -0.39 is 42.9 Å². The summed E-state index contributed by atoms with van der Waals surface area (Å²) in [4.78, 5) is 0. The van der Waals surface area contributed by atoms with Gasteiger partial charge < -0.3 is 29.9 Å². The van der Waals surface area contributed by atoms with E-state index in [0.717, 1.165) is 24.0 Å². The Bertz CT molecular complexity index is 1480. The van der Waals surface area contributed by atoms with Gasteiger partial charge in [0.2, 0.25) is 0 Å². The van der Waals surface area contributed by atoms with E-state index in [1.807, 2.05) is 13.8 Å². The third-order valence-electron chi connectivity index (χ3n) is 9.69. The lowest BCUT2D eigenvalue weighted by Gasteiger charge is -2.42. The predicted molar refractivity (Wildman–Crippen MR) is 218 cm³/mol. The second-order valence-corrected chi connectivity index (χ2v) is 15.8. The van der Waals surface area contributed by atoms with Gasteiger partial charge in [-0.15, -0.1) is 0 Å². The standard InChI is InChI=1S/C46H68O6/c1-33(18-11-12-19-34(2)21-15-25-37(5)28-29-39-38(6)27-17-30-45(39,7)8)20-13-22-35(3)23-14-24-36(4)26-16-31-46(9,10)52-44-43(50)42(49)41(48)40(32-47)51-44/h11-15,18-25,28-29,40-44,47-50H,16-17,26-27,30-32H2,1-10H3/b12-11+,20-13+,21-15+,23-14+,29-28+,33-18+,34-19+,35-22+,36-24+,37-25+/t40-,41-,42+,43-,44+/m1/s1. The van der Waals surface area contributed by atoms with Crippen LogP contribution in [-0.2, 0) is 9.47 Å². The lowest BCUT2D eigenvalue weighted by molar-refractivity contribution is -0.323. The maximum absolute atomic E-state index is 10.3. The number of aliphatic hydroxyl groups is 4. The Morgan fingerprint density at radius 2 is 1.29 bits per heavy atom. The highest BCUT2D eigenvalue weighted by Crippen LogP contribution is 2.40. The van der Waals surface area contributed by atoms with Crippen LogP contribution >= 0.6 is 0 Å². The first-order valence-corrected chi connectivity index (χ1v) is 18.9. The molecule has 2 aliphatic rings. The third kappa shape index (κ3) is 16.3. The van der Waals surface area contributed by atoms with Crippen molar-refractivity contribution in [1.82, 2.24) is 0 Å². The lowest BCUT2D eigenvalue weighted by Crippen LogP contribution is -2.60. The van der Waals surface area contributed by atoms with Crippen molar-refractivity contribution in [3.63, 3.8) is 0 Å². The molecule has 0 radical (unpaired) electrons. The summed E-state index contributed by atoms with van der Waals surface area (Å²) < 4.78 is 11.5. The molecule has 0 aromatic carbocycles. The highest BCUT2D eigenvalue weighted by molar-refractivity contribution is 5.37. The van der Waals surface area contributed by atoms with E-state index in [0.29, 0.717) is 6.42 Å². The number of allylic oxidation sites excluding steroid dienone is 22. The van der Waals surface area contributed by atoms with Crippen molar-refractivity contribution in [1.29, 1.82) is 0 Å². The smallest absolute Gasteiger partial charge is 0.187 e. The van der Waals surface area contributed by atoms with Crippen molar-refractivity contribution in [3.8, 4) is 0 Å². The Kier molecular flexibility index (Phi) is 19.2. The summed E-state index contributed by atoms with van der Waals surface area (Å²) in [5.41, 5.74) is 8.64. The van der Waals surface area contributed by atoms with Crippen molar-refractivity contribution in [3.05, 3.63) is 130 Å². The summed E-state index contributed by atoms with van der Waals surface area (Å²) >= 11 is 0. The minimum absolute atomic E-state index is 0.265. The maximum atomic E-state index is 10.3. The zero-order valence-corrected chi connectivity index (χ0v) is 33.6. The molecular formula is C46H68O6. The van der Waals surface area contributed by atoms with Crippen LogP contribution in [0.5, 0.6) is 0 Å². The molecule has 0 amide bonds. The van der Waals surface area contributed by atoms with Crippen LogP contribution in [0.4, 0.5) is 0 Å². The quantitative estimate of drug-likeness (QED) is 0.112. The van der Waals surface area contributed by atoms with Crippen molar-refractivity contribution in [2.24, 2.45) is 5.41 Å². The van der Waals surface area contributed by atoms with Crippen molar-refractivity contribution in [2.75, 3.05) is 6.61 Å². The monoisotopic (exact) mass is 717 g/mol. The summed E-state index contributed by atoms with van der Waals surface area (Å²) in [6.45, 7) is 20.8. The molecule has 0 aromatic rings. The molecule has 0 aromatic heterocycles. The van der Waals surface area contributed by atoms with E-state index in [2.05, 4.69) is 147 Å². The molecule has 1 fully saturated rings. The maximum Gasteiger partial charge on any atom is 0.187 e. The number of hydrogen-bond acceptors (Lipinski definition) is 6. The topological polar surface area (TPSA) is 99.4 Å². The number of aliphatic hydroxyl groups excluding tert-OH is 4. The van der Waals surface area contributed by atoms with Gasteiger partial charge in [-0.25, -0.2) is 0 Å². The molecule has 0 spiro atoms. The molecule has 2 rings (SSSR count). The number of hydrogen-bond donors (Lipinski definition) is 4. The summed E-state index contributed by atoms with van der Waals surface area (Å²) in [6.07, 6.45) is 31.7. The average Bonchev–Trinajstić information content (AvgIpc) is 3.06. The van der Waals surface area contributed by atoms with Crippen molar-refractivity contribution >= 4 is 0 Å².